The third-order valence-corrected chi connectivity index (χ3v) is 4.79. The first-order valence-electron chi connectivity index (χ1n) is 8.58. The van der Waals surface area contributed by atoms with Crippen LogP contribution in [0.2, 0.25) is 0 Å². The topological polar surface area (TPSA) is 70.2 Å². The molecule has 2 heterocycles. The zero-order valence-corrected chi connectivity index (χ0v) is 14.4. The number of carbonyl (C=O) groups is 3. The fourth-order valence-corrected chi connectivity index (χ4v) is 3.28. The van der Waals surface area contributed by atoms with E-state index < -0.39 is 0 Å². The van der Waals surface area contributed by atoms with Gasteiger partial charge in [-0.15, -0.1) is 0 Å². The number of methoxy groups -OCH3 is 1. The molecule has 7 heteroatoms. The maximum atomic E-state index is 12.7. The second kappa shape index (κ2) is 7.65. The van der Waals surface area contributed by atoms with Gasteiger partial charge in [-0.3, -0.25) is 24.2 Å². The van der Waals surface area contributed by atoms with Gasteiger partial charge < -0.3 is 9.64 Å². The molecule has 0 bridgehead atoms. The van der Waals surface area contributed by atoms with E-state index in [-0.39, 0.29) is 17.7 Å². The molecule has 0 aliphatic carbocycles. The quantitative estimate of drug-likeness (QED) is 0.731. The molecule has 2 aliphatic rings. The van der Waals surface area contributed by atoms with E-state index in [0.717, 1.165) is 13.1 Å². The van der Waals surface area contributed by atoms with Crippen LogP contribution in [0.5, 0.6) is 5.75 Å². The van der Waals surface area contributed by atoms with E-state index >= 15 is 0 Å². The maximum Gasteiger partial charge on any atom is 0.257 e. The first-order valence-corrected chi connectivity index (χ1v) is 8.58. The van der Waals surface area contributed by atoms with Crippen LogP contribution in [0.25, 0.3) is 0 Å². The molecule has 0 radical (unpaired) electrons. The van der Waals surface area contributed by atoms with Crippen LogP contribution < -0.4 is 4.74 Å². The van der Waals surface area contributed by atoms with E-state index in [1.165, 1.54) is 4.90 Å². The lowest BCUT2D eigenvalue weighted by molar-refractivity contribution is -0.138. The van der Waals surface area contributed by atoms with Gasteiger partial charge in [0.25, 0.3) is 5.91 Å². The third-order valence-electron chi connectivity index (χ3n) is 4.79. The van der Waals surface area contributed by atoms with Crippen molar-refractivity contribution in [2.75, 3.05) is 46.4 Å². The van der Waals surface area contributed by atoms with Gasteiger partial charge in [-0.25, -0.2) is 0 Å². The standard InChI is InChI=1S/C18H23N3O4/c1-25-15-5-3-2-4-14(15)18(24)20-11-8-19(9-12-20)10-13-21-16(22)6-7-17(21)23/h2-5H,6-13H2,1H3. The summed E-state index contributed by atoms with van der Waals surface area (Å²) in [5.41, 5.74) is 0.576. The Bertz CT molecular complexity index is 652. The molecule has 2 fully saturated rings. The molecule has 0 atom stereocenters. The molecule has 1 aromatic carbocycles. The van der Waals surface area contributed by atoms with Crippen LogP contribution in [-0.2, 0) is 9.59 Å². The molecular formula is C18H23N3O4. The van der Waals surface area contributed by atoms with E-state index in [1.54, 1.807) is 19.2 Å². The van der Waals surface area contributed by atoms with Gasteiger partial charge in [-0.2, -0.15) is 0 Å². The Morgan fingerprint density at radius 3 is 2.28 bits per heavy atom. The molecule has 0 aromatic heterocycles. The molecule has 0 unspecified atom stereocenters. The molecule has 0 spiro atoms. The van der Waals surface area contributed by atoms with Crippen molar-refractivity contribution >= 4 is 17.7 Å². The molecule has 134 valence electrons. The number of amides is 3. The van der Waals surface area contributed by atoms with Crippen molar-refractivity contribution in [1.82, 2.24) is 14.7 Å². The van der Waals surface area contributed by atoms with Gasteiger partial charge in [0.15, 0.2) is 0 Å². The van der Waals surface area contributed by atoms with Gasteiger partial charge in [-0.1, -0.05) is 12.1 Å². The molecular weight excluding hydrogens is 322 g/mol. The summed E-state index contributed by atoms with van der Waals surface area (Å²) in [4.78, 5) is 41.3. The number of hydrogen-bond donors (Lipinski definition) is 0. The Balaban J connectivity index is 1.51. The van der Waals surface area contributed by atoms with Crippen molar-refractivity contribution in [3.05, 3.63) is 29.8 Å². The van der Waals surface area contributed by atoms with Crippen molar-refractivity contribution in [3.63, 3.8) is 0 Å². The summed E-state index contributed by atoms with van der Waals surface area (Å²) < 4.78 is 5.27. The van der Waals surface area contributed by atoms with Crippen molar-refractivity contribution in [2.24, 2.45) is 0 Å². The van der Waals surface area contributed by atoms with Crippen LogP contribution in [0.1, 0.15) is 23.2 Å². The van der Waals surface area contributed by atoms with Gasteiger partial charge in [0.05, 0.1) is 12.7 Å². The molecule has 0 N–H and O–H groups in total. The van der Waals surface area contributed by atoms with Crippen LogP contribution in [0.3, 0.4) is 0 Å². The van der Waals surface area contributed by atoms with Crippen LogP contribution in [0.4, 0.5) is 0 Å². The summed E-state index contributed by atoms with van der Waals surface area (Å²) >= 11 is 0. The van der Waals surface area contributed by atoms with Gasteiger partial charge in [-0.05, 0) is 12.1 Å². The van der Waals surface area contributed by atoms with Crippen molar-refractivity contribution in [2.45, 2.75) is 12.8 Å². The van der Waals surface area contributed by atoms with Gasteiger partial charge in [0, 0.05) is 52.1 Å². The highest BCUT2D eigenvalue weighted by molar-refractivity contribution is 6.01. The Labute approximate surface area is 147 Å². The maximum absolute atomic E-state index is 12.7. The highest BCUT2D eigenvalue weighted by Crippen LogP contribution is 2.20. The van der Waals surface area contributed by atoms with Gasteiger partial charge in [0.1, 0.15) is 5.75 Å². The van der Waals surface area contributed by atoms with E-state index in [0.29, 0.717) is 50.3 Å². The number of imide groups is 1. The van der Waals surface area contributed by atoms with Crippen molar-refractivity contribution < 1.29 is 19.1 Å². The minimum absolute atomic E-state index is 0.0259. The van der Waals surface area contributed by atoms with E-state index in [9.17, 15) is 14.4 Å². The zero-order chi connectivity index (χ0) is 17.8. The monoisotopic (exact) mass is 345 g/mol. The summed E-state index contributed by atoms with van der Waals surface area (Å²) in [5, 5.41) is 0. The number of likely N-dealkylation sites (tertiary alicyclic amines) is 1. The lowest BCUT2D eigenvalue weighted by Crippen LogP contribution is -2.50. The first-order chi connectivity index (χ1) is 12.1. The highest BCUT2D eigenvalue weighted by Gasteiger charge is 2.30. The molecule has 7 nitrogen and oxygen atoms in total. The number of carbonyl (C=O) groups excluding carboxylic acids is 3. The predicted octanol–water partition coefficient (Wildman–Crippen LogP) is 0.602. The fourth-order valence-electron chi connectivity index (χ4n) is 3.28. The van der Waals surface area contributed by atoms with E-state index in [1.807, 2.05) is 17.0 Å². The molecule has 3 rings (SSSR count). The summed E-state index contributed by atoms with van der Waals surface area (Å²) in [6.07, 6.45) is 0.667. The Kier molecular flexibility index (Phi) is 5.33. The number of ether oxygens (including phenoxy) is 1. The van der Waals surface area contributed by atoms with Gasteiger partial charge >= 0.3 is 0 Å². The first kappa shape index (κ1) is 17.4. The molecule has 0 saturated carbocycles. The summed E-state index contributed by atoms with van der Waals surface area (Å²) in [7, 11) is 1.56. The number of nitrogens with zero attached hydrogens (tertiary/aromatic N) is 3. The Hall–Kier alpha value is -2.41. The second-order valence-corrected chi connectivity index (χ2v) is 6.27. The van der Waals surface area contributed by atoms with Gasteiger partial charge in [0.2, 0.25) is 11.8 Å². The minimum Gasteiger partial charge on any atom is -0.496 e. The SMILES string of the molecule is COc1ccccc1C(=O)N1CCN(CCN2C(=O)CCC2=O)CC1. The van der Waals surface area contributed by atoms with Crippen molar-refractivity contribution in [3.8, 4) is 5.75 Å². The Morgan fingerprint density at radius 2 is 1.64 bits per heavy atom. The van der Waals surface area contributed by atoms with Crippen LogP contribution in [0.15, 0.2) is 24.3 Å². The summed E-state index contributed by atoms with van der Waals surface area (Å²) in [5.74, 6) is 0.410. The number of benzene rings is 1. The summed E-state index contributed by atoms with van der Waals surface area (Å²) in [6, 6.07) is 7.23. The van der Waals surface area contributed by atoms with E-state index in [4.69, 9.17) is 4.74 Å². The normalized spacial score (nSPS) is 18.8. The third kappa shape index (κ3) is 3.82. The molecule has 25 heavy (non-hydrogen) atoms. The molecule has 2 aliphatic heterocycles. The highest BCUT2D eigenvalue weighted by atomic mass is 16.5. The fraction of sp³-hybridized carbons (Fsp3) is 0.500. The number of piperazine rings is 1. The molecule has 1 aromatic rings. The van der Waals surface area contributed by atoms with Crippen molar-refractivity contribution in [1.29, 1.82) is 0 Å². The lowest BCUT2D eigenvalue weighted by atomic mass is 10.1. The summed E-state index contributed by atoms with van der Waals surface area (Å²) in [6.45, 7) is 3.82. The average Bonchev–Trinajstić information content (AvgIpc) is 2.97. The number of rotatable bonds is 5. The molecule has 3 amide bonds. The minimum atomic E-state index is -0.0741. The largest absolute Gasteiger partial charge is 0.496 e. The zero-order valence-electron chi connectivity index (χ0n) is 14.4. The second-order valence-electron chi connectivity index (χ2n) is 6.27. The number of para-hydroxylation sites is 1. The average molecular weight is 345 g/mol. The van der Waals surface area contributed by atoms with Crippen LogP contribution in [0, 0.1) is 0 Å². The smallest absolute Gasteiger partial charge is 0.257 e. The Morgan fingerprint density at radius 1 is 1.00 bits per heavy atom. The molecule has 2 saturated heterocycles. The predicted molar refractivity (Wildman–Crippen MR) is 91.3 cm³/mol. The van der Waals surface area contributed by atoms with Crippen LogP contribution in [-0.4, -0.2) is 78.8 Å². The van der Waals surface area contributed by atoms with Crippen LogP contribution >= 0.6 is 0 Å². The lowest BCUT2D eigenvalue weighted by Gasteiger charge is -2.35. The number of hydrogen-bond acceptors (Lipinski definition) is 5. The van der Waals surface area contributed by atoms with E-state index in [2.05, 4.69) is 4.90 Å².